The van der Waals surface area contributed by atoms with Crippen LogP contribution in [0.4, 0.5) is 16.9 Å². The van der Waals surface area contributed by atoms with Crippen LogP contribution in [0, 0.1) is 14.1 Å². The Kier molecular flexibility index (Phi) is 6.36. The summed E-state index contributed by atoms with van der Waals surface area (Å²) < 4.78 is 62.5. The Bertz CT molecular complexity index is 649. The van der Waals surface area contributed by atoms with Crippen LogP contribution in [0.5, 0.6) is 0 Å². The summed E-state index contributed by atoms with van der Waals surface area (Å²) in [6, 6.07) is 18.1. The summed E-state index contributed by atoms with van der Waals surface area (Å²) in [5.74, 6) is 0.627. The zero-order chi connectivity index (χ0) is 18.7. The van der Waals surface area contributed by atoms with Gasteiger partial charge in [-0.2, -0.15) is 0 Å². The van der Waals surface area contributed by atoms with Crippen molar-refractivity contribution in [2.75, 3.05) is 0 Å². The molecule has 0 saturated carbocycles. The second-order valence-electron chi connectivity index (χ2n) is 5.55. The van der Waals surface area contributed by atoms with Crippen molar-refractivity contribution >= 4 is 19.5 Å². The Morgan fingerprint density at radius 1 is 0.708 bits per heavy atom. The van der Waals surface area contributed by atoms with Crippen LogP contribution in [0.25, 0.3) is 0 Å². The van der Waals surface area contributed by atoms with Crippen LogP contribution in [0.3, 0.4) is 0 Å². The predicted octanol–water partition coefficient (Wildman–Crippen LogP) is 3.39. The molecular formula is C16H18F6ISb. The summed E-state index contributed by atoms with van der Waals surface area (Å²) in [6.45, 7) is 6.62. The van der Waals surface area contributed by atoms with Crippen LogP contribution in [0.15, 0.2) is 48.5 Å². The van der Waals surface area contributed by atoms with Crippen molar-refractivity contribution in [3.63, 3.8) is 0 Å². The van der Waals surface area contributed by atoms with Crippen molar-refractivity contribution in [3.05, 3.63) is 66.8 Å². The van der Waals surface area contributed by atoms with Gasteiger partial charge in [0.05, 0.1) is 0 Å². The van der Waals surface area contributed by atoms with E-state index in [4.69, 9.17) is 0 Å². The van der Waals surface area contributed by atoms with Gasteiger partial charge in [0.1, 0.15) is 0 Å². The third-order valence-electron chi connectivity index (χ3n) is 2.77. The molecule has 0 amide bonds. The van der Waals surface area contributed by atoms with Crippen LogP contribution in [0.2, 0.25) is 0 Å². The molecular weight excluding hydrogens is 555 g/mol. The monoisotopic (exact) mass is 572 g/mol. The second-order valence-corrected chi connectivity index (χ2v) is 14.1. The van der Waals surface area contributed by atoms with Gasteiger partial charge in [-0.15, -0.1) is 0 Å². The maximum absolute atomic E-state index is 11.2. The van der Waals surface area contributed by atoms with Crippen molar-refractivity contribution < 1.29 is 38.1 Å². The summed E-state index contributed by atoms with van der Waals surface area (Å²) in [7, 11) is 0. The number of hydrogen-bond donors (Lipinski definition) is 0. The van der Waals surface area contributed by atoms with E-state index in [9.17, 15) is 16.9 Å². The van der Waals surface area contributed by atoms with Crippen molar-refractivity contribution in [1.82, 2.24) is 0 Å². The number of benzene rings is 2. The standard InChI is InChI=1S/C16H18I.6FH.Sb/c1-12(2)14-6-10-16(11-7-14)17-15-8-4-13(3)5-9-15;;;;;;;/h4-12H,1-3H3;6*1H;/q+1;;;;;;;+5/p-6. The van der Waals surface area contributed by atoms with Gasteiger partial charge in [-0.05, 0) is 42.7 Å². The molecule has 136 valence electrons. The molecule has 0 N–H and O–H groups in total. The van der Waals surface area contributed by atoms with Gasteiger partial charge in [0.15, 0.2) is 7.14 Å². The summed E-state index contributed by atoms with van der Waals surface area (Å²) in [5.41, 5.74) is 2.77. The molecule has 0 nitrogen and oxygen atoms in total. The fourth-order valence-electron chi connectivity index (χ4n) is 1.63. The van der Waals surface area contributed by atoms with Crippen LogP contribution in [0.1, 0.15) is 30.9 Å². The average molecular weight is 573 g/mol. The predicted molar refractivity (Wildman–Crippen MR) is 81.5 cm³/mol. The van der Waals surface area contributed by atoms with Gasteiger partial charge in [-0.1, -0.05) is 43.7 Å². The summed E-state index contributed by atoms with van der Waals surface area (Å²) >= 11 is -11.3. The molecule has 8 heteroatoms. The average Bonchev–Trinajstić information content (AvgIpc) is 2.38. The Morgan fingerprint density at radius 2 is 1.04 bits per heavy atom. The number of halogens is 7. The van der Waals surface area contributed by atoms with E-state index in [2.05, 4.69) is 69.3 Å². The van der Waals surface area contributed by atoms with Gasteiger partial charge >= 0.3 is 57.6 Å². The molecule has 24 heavy (non-hydrogen) atoms. The molecule has 0 aliphatic heterocycles. The normalized spacial score (nSPS) is 14.4. The number of rotatable bonds is 3. The minimum absolute atomic E-state index is 0.0167. The van der Waals surface area contributed by atoms with Gasteiger partial charge in [0.25, 0.3) is 0 Å². The fourth-order valence-corrected chi connectivity index (χ4v) is 3.79. The molecule has 2 rings (SSSR count). The molecule has 2 aromatic carbocycles. The molecule has 0 spiro atoms. The van der Waals surface area contributed by atoms with Crippen molar-refractivity contribution in [2.45, 2.75) is 26.7 Å². The van der Waals surface area contributed by atoms with Gasteiger partial charge in [0, 0.05) is 0 Å². The Morgan fingerprint density at radius 3 is 1.38 bits per heavy atom. The van der Waals surface area contributed by atoms with Gasteiger partial charge in [-0.3, -0.25) is 0 Å². The third kappa shape index (κ3) is 12.0. The van der Waals surface area contributed by atoms with E-state index >= 15 is 0 Å². The van der Waals surface area contributed by atoms with Crippen LogP contribution < -0.4 is 21.2 Å². The SMILES string of the molecule is Cc1ccc([I+]c2ccc(C(C)C)cc2)cc1.[F][Sb-]([F])([F])([F])([F])[F]. The molecule has 0 heterocycles. The number of aryl methyl sites for hydroxylation is 1. The molecule has 0 radical (unpaired) electrons. The van der Waals surface area contributed by atoms with Crippen LogP contribution >= 0.6 is 0 Å². The summed E-state index contributed by atoms with van der Waals surface area (Å²) in [6.07, 6.45) is 0. The molecule has 0 aromatic heterocycles. The van der Waals surface area contributed by atoms with Crippen LogP contribution in [-0.2, 0) is 0 Å². The maximum atomic E-state index is 9.93. The molecule has 0 unspecified atom stereocenters. The van der Waals surface area contributed by atoms with Gasteiger partial charge in [0.2, 0.25) is 0 Å². The molecule has 0 aliphatic rings. The first kappa shape index (κ1) is 21.6. The molecule has 0 bridgehead atoms. The van der Waals surface area contributed by atoms with E-state index in [0.717, 1.165) is 0 Å². The van der Waals surface area contributed by atoms with Gasteiger partial charge < -0.3 is 0 Å². The summed E-state index contributed by atoms with van der Waals surface area (Å²) in [4.78, 5) is 0. The number of hydrogen-bond acceptors (Lipinski definition) is 0. The van der Waals surface area contributed by atoms with Crippen molar-refractivity contribution in [3.8, 4) is 0 Å². The van der Waals surface area contributed by atoms with E-state index in [-0.39, 0.29) is 21.2 Å². The Hall–Kier alpha value is -0.432. The van der Waals surface area contributed by atoms with E-state index in [1.54, 1.807) is 0 Å². The zero-order valence-corrected chi connectivity index (χ0v) is 18.0. The van der Waals surface area contributed by atoms with E-state index in [1.807, 2.05) is 0 Å². The van der Waals surface area contributed by atoms with E-state index < -0.39 is 19.5 Å². The fraction of sp³-hybridized carbons (Fsp3) is 0.250. The van der Waals surface area contributed by atoms with Crippen molar-refractivity contribution in [2.24, 2.45) is 0 Å². The van der Waals surface area contributed by atoms with Crippen LogP contribution in [-0.4, -0.2) is 19.5 Å². The van der Waals surface area contributed by atoms with Crippen molar-refractivity contribution in [1.29, 1.82) is 0 Å². The minimum atomic E-state index is -11.2. The Balaban J connectivity index is 0.000000351. The Labute approximate surface area is 150 Å². The molecule has 0 aliphatic carbocycles. The molecule has 0 fully saturated rings. The first-order chi connectivity index (χ1) is 10.6. The quantitative estimate of drug-likeness (QED) is 0.301. The van der Waals surface area contributed by atoms with E-state index in [1.165, 1.54) is 18.3 Å². The van der Waals surface area contributed by atoms with Gasteiger partial charge in [-0.25, -0.2) is 0 Å². The second kappa shape index (κ2) is 7.06. The third-order valence-corrected chi connectivity index (χ3v) is 5.45. The first-order valence-corrected chi connectivity index (χ1v) is 14.9. The van der Waals surface area contributed by atoms with E-state index in [0.29, 0.717) is 5.92 Å². The topological polar surface area (TPSA) is 0 Å². The summed E-state index contributed by atoms with van der Waals surface area (Å²) in [5, 5.41) is 0. The molecule has 2 aromatic rings. The molecule has 0 saturated heterocycles. The zero-order valence-electron chi connectivity index (χ0n) is 13.3. The molecule has 0 atom stereocenters. The first-order valence-electron chi connectivity index (χ1n) is 6.98.